The number of nitrogens with one attached hydrogen (secondary N) is 1. The van der Waals surface area contributed by atoms with E-state index in [-0.39, 0.29) is 23.3 Å². The molecule has 1 aliphatic rings. The molecule has 0 atom stereocenters. The van der Waals surface area contributed by atoms with Crippen molar-refractivity contribution < 1.29 is 22.7 Å². The van der Waals surface area contributed by atoms with Crippen molar-refractivity contribution in [3.8, 4) is 0 Å². The topological polar surface area (TPSA) is 96.0 Å². The normalized spacial score (nSPS) is 14.4. The summed E-state index contributed by atoms with van der Waals surface area (Å²) in [5, 5.41) is 3.34. The van der Waals surface area contributed by atoms with Crippen molar-refractivity contribution in [3.63, 3.8) is 0 Å². The van der Waals surface area contributed by atoms with Gasteiger partial charge in [-0.15, -0.1) is 11.3 Å². The minimum Gasteiger partial charge on any atom is -0.462 e. The highest BCUT2D eigenvalue weighted by Crippen LogP contribution is 2.37. The molecule has 1 aliphatic heterocycles. The highest BCUT2D eigenvalue weighted by Gasteiger charge is 2.29. The third-order valence-electron chi connectivity index (χ3n) is 5.85. The molecule has 0 saturated carbocycles. The van der Waals surface area contributed by atoms with Crippen LogP contribution in [-0.2, 0) is 27.7 Å². The number of benzene rings is 1. The van der Waals surface area contributed by atoms with Crippen LogP contribution < -0.4 is 5.32 Å². The summed E-state index contributed by atoms with van der Waals surface area (Å²) >= 11 is 1.39. The molecule has 3 rings (SSSR count). The zero-order valence-corrected chi connectivity index (χ0v) is 23.6. The number of amides is 1. The number of esters is 1. The van der Waals surface area contributed by atoms with Crippen LogP contribution in [0.2, 0.25) is 0 Å². The molecule has 10 heteroatoms. The van der Waals surface area contributed by atoms with E-state index >= 15 is 0 Å². The maximum atomic E-state index is 13.3. The number of fused-ring (bicyclic) bond motifs is 1. The SMILES string of the molecule is CCOC(=O)c1c(NC(=O)c2ccc(S(=O)(=O)N(CC(C)C)CC(C)C)cc2)sc2c1CCN(C)C2. The molecular formula is C26H37N3O5S2. The molecule has 2 heterocycles. The number of carbonyl (C=O) groups is 2. The van der Waals surface area contributed by atoms with Gasteiger partial charge in [-0.05, 0) is 62.1 Å². The first-order valence-corrected chi connectivity index (χ1v) is 14.6. The van der Waals surface area contributed by atoms with Crippen molar-refractivity contribution in [2.75, 3.05) is 38.6 Å². The summed E-state index contributed by atoms with van der Waals surface area (Å²) in [5.74, 6) is -0.466. The van der Waals surface area contributed by atoms with Gasteiger partial charge in [-0.2, -0.15) is 4.31 Å². The quantitative estimate of drug-likeness (QED) is 0.451. The lowest BCUT2D eigenvalue weighted by atomic mass is 10.0. The Morgan fingerprint density at radius 3 is 2.28 bits per heavy atom. The van der Waals surface area contributed by atoms with Crippen molar-refractivity contribution in [2.45, 2.75) is 52.5 Å². The number of ether oxygens (including phenoxy) is 1. The summed E-state index contributed by atoms with van der Waals surface area (Å²) in [7, 11) is -1.67. The first kappa shape index (κ1) is 28.3. The number of rotatable bonds is 10. The lowest BCUT2D eigenvalue weighted by Gasteiger charge is -2.25. The van der Waals surface area contributed by atoms with Gasteiger partial charge in [0.25, 0.3) is 5.91 Å². The van der Waals surface area contributed by atoms with Crippen LogP contribution in [0.5, 0.6) is 0 Å². The predicted octanol–water partition coefficient (Wildman–Crippen LogP) is 4.47. The summed E-state index contributed by atoms with van der Waals surface area (Å²) in [6.07, 6.45) is 0.710. The van der Waals surface area contributed by atoms with Crippen molar-refractivity contribution >= 4 is 38.2 Å². The lowest BCUT2D eigenvalue weighted by molar-refractivity contribution is 0.0526. The van der Waals surface area contributed by atoms with Crippen LogP contribution >= 0.6 is 11.3 Å². The zero-order valence-electron chi connectivity index (χ0n) is 22.0. The molecule has 0 bridgehead atoms. The molecule has 1 N–H and O–H groups in total. The fraction of sp³-hybridized carbons (Fsp3) is 0.538. The largest absolute Gasteiger partial charge is 0.462 e. The third kappa shape index (κ3) is 6.53. The molecule has 36 heavy (non-hydrogen) atoms. The third-order valence-corrected chi connectivity index (χ3v) is 8.82. The number of anilines is 1. The van der Waals surface area contributed by atoms with E-state index in [2.05, 4.69) is 10.2 Å². The van der Waals surface area contributed by atoms with Crippen LogP contribution in [0.25, 0.3) is 0 Å². The van der Waals surface area contributed by atoms with Gasteiger partial charge in [0.05, 0.1) is 17.1 Å². The summed E-state index contributed by atoms with van der Waals surface area (Å²) < 4.78 is 33.3. The molecule has 0 fully saturated rings. The Balaban J connectivity index is 1.85. The Morgan fingerprint density at radius 1 is 1.11 bits per heavy atom. The molecule has 0 aliphatic carbocycles. The van der Waals surface area contributed by atoms with Crippen molar-refractivity contribution in [1.29, 1.82) is 0 Å². The van der Waals surface area contributed by atoms with Crippen LogP contribution in [0.15, 0.2) is 29.2 Å². The van der Waals surface area contributed by atoms with Crippen LogP contribution in [-0.4, -0.2) is 62.8 Å². The van der Waals surface area contributed by atoms with Gasteiger partial charge < -0.3 is 15.0 Å². The minimum absolute atomic E-state index is 0.155. The second-order valence-corrected chi connectivity index (χ2v) is 13.0. The lowest BCUT2D eigenvalue weighted by Crippen LogP contribution is -2.37. The molecule has 8 nitrogen and oxygen atoms in total. The number of hydrogen-bond acceptors (Lipinski definition) is 7. The number of nitrogens with zero attached hydrogens (tertiary/aromatic N) is 2. The molecule has 2 aromatic rings. The van der Waals surface area contributed by atoms with E-state index in [1.807, 2.05) is 34.7 Å². The van der Waals surface area contributed by atoms with Gasteiger partial charge in [0.1, 0.15) is 5.00 Å². The van der Waals surface area contributed by atoms with Crippen LogP contribution in [0.4, 0.5) is 5.00 Å². The van der Waals surface area contributed by atoms with Crippen LogP contribution in [0.3, 0.4) is 0 Å². The second kappa shape index (κ2) is 11.9. The van der Waals surface area contributed by atoms with Crippen molar-refractivity contribution in [2.24, 2.45) is 11.8 Å². The fourth-order valence-electron chi connectivity index (χ4n) is 4.23. The minimum atomic E-state index is -3.69. The predicted molar refractivity (Wildman–Crippen MR) is 143 cm³/mol. The van der Waals surface area contributed by atoms with Crippen molar-refractivity contribution in [3.05, 3.63) is 45.8 Å². The standard InChI is InChI=1S/C26H37N3O5S2/c1-7-34-26(31)23-21-12-13-28(6)16-22(21)35-25(23)27-24(30)19-8-10-20(11-9-19)36(32,33)29(14-17(2)3)15-18(4)5/h8-11,17-18H,7,12-16H2,1-6H3,(H,27,30). The van der Waals surface area contributed by atoms with E-state index in [0.29, 0.717) is 42.2 Å². The Labute approximate surface area is 218 Å². The molecule has 0 spiro atoms. The average molecular weight is 536 g/mol. The van der Waals surface area contributed by atoms with Gasteiger partial charge in [-0.25, -0.2) is 13.2 Å². The monoisotopic (exact) mass is 535 g/mol. The van der Waals surface area contributed by atoms with Gasteiger partial charge in [0.2, 0.25) is 10.0 Å². The van der Waals surface area contributed by atoms with Gasteiger partial charge in [0.15, 0.2) is 0 Å². The van der Waals surface area contributed by atoms with E-state index in [9.17, 15) is 18.0 Å². The van der Waals surface area contributed by atoms with Gasteiger partial charge >= 0.3 is 5.97 Å². The maximum Gasteiger partial charge on any atom is 0.341 e. The molecule has 0 unspecified atom stereocenters. The molecule has 1 aromatic heterocycles. The number of thiophene rings is 1. The van der Waals surface area contributed by atoms with Crippen LogP contribution in [0.1, 0.15) is 65.8 Å². The van der Waals surface area contributed by atoms with E-state index in [1.54, 1.807) is 6.92 Å². The number of likely N-dealkylation sites (N-methyl/N-ethyl adjacent to an activating group) is 1. The summed E-state index contributed by atoms with van der Waals surface area (Å²) in [5.41, 5.74) is 1.67. The maximum absolute atomic E-state index is 13.3. The molecular weight excluding hydrogens is 498 g/mol. The molecule has 0 saturated heterocycles. The van der Waals surface area contributed by atoms with E-state index < -0.39 is 21.9 Å². The number of hydrogen-bond donors (Lipinski definition) is 1. The van der Waals surface area contributed by atoms with E-state index in [4.69, 9.17) is 4.74 Å². The molecule has 0 radical (unpaired) electrons. The fourth-order valence-corrected chi connectivity index (χ4v) is 7.30. The first-order chi connectivity index (χ1) is 16.9. The average Bonchev–Trinajstić information content (AvgIpc) is 3.15. The zero-order chi connectivity index (χ0) is 26.6. The Kier molecular flexibility index (Phi) is 9.32. The number of carbonyl (C=O) groups excluding carboxylic acids is 2. The first-order valence-electron chi connectivity index (χ1n) is 12.4. The summed E-state index contributed by atoms with van der Waals surface area (Å²) in [6, 6.07) is 5.96. The molecule has 198 valence electrons. The van der Waals surface area contributed by atoms with Crippen molar-refractivity contribution in [1.82, 2.24) is 9.21 Å². The smallest absolute Gasteiger partial charge is 0.341 e. The second-order valence-electron chi connectivity index (χ2n) is 10.0. The van der Waals surface area contributed by atoms with Crippen LogP contribution in [0, 0.1) is 11.8 Å². The molecule has 1 amide bonds. The Morgan fingerprint density at radius 2 is 1.72 bits per heavy atom. The summed E-state index contributed by atoms with van der Waals surface area (Å²) in [6.45, 7) is 12.3. The van der Waals surface area contributed by atoms with E-state index in [1.165, 1.54) is 39.9 Å². The Hall–Kier alpha value is -2.27. The van der Waals surface area contributed by atoms with Gasteiger partial charge in [0, 0.05) is 36.6 Å². The summed E-state index contributed by atoms with van der Waals surface area (Å²) in [4.78, 5) is 29.2. The number of sulfonamides is 1. The van der Waals surface area contributed by atoms with Gasteiger partial charge in [-0.3, -0.25) is 4.79 Å². The molecule has 1 aromatic carbocycles. The Bertz CT molecular complexity index is 1180. The van der Waals surface area contributed by atoms with E-state index in [0.717, 1.165) is 17.0 Å². The van der Waals surface area contributed by atoms with Gasteiger partial charge in [-0.1, -0.05) is 27.7 Å². The highest BCUT2D eigenvalue weighted by molar-refractivity contribution is 7.89. The highest BCUT2D eigenvalue weighted by atomic mass is 32.2.